The molecule has 3 aromatic rings. The molecule has 0 amide bonds. The third-order valence-electron chi connectivity index (χ3n) is 3.95. The van der Waals surface area contributed by atoms with Crippen molar-refractivity contribution in [3.8, 4) is 5.69 Å². The van der Waals surface area contributed by atoms with Gasteiger partial charge in [-0.15, -0.1) is 0 Å². The van der Waals surface area contributed by atoms with E-state index in [9.17, 15) is 8.42 Å². The van der Waals surface area contributed by atoms with Gasteiger partial charge < -0.3 is 4.57 Å². The fourth-order valence-electron chi connectivity index (χ4n) is 2.46. The maximum atomic E-state index is 12.6. The molecular formula is C19H21N3O2S. The van der Waals surface area contributed by atoms with E-state index >= 15 is 0 Å². The molecule has 1 heterocycles. The standard InChI is InChI=1S/C19H21N3O2S/c1-19(2,3)15-4-6-16(7-5-15)21-25(23,24)18-10-8-17(9-11-18)22-13-12-20-14-22/h4-14,21H,1-3H3. The van der Waals surface area contributed by atoms with Crippen LogP contribution in [-0.4, -0.2) is 18.0 Å². The molecule has 0 spiro atoms. The van der Waals surface area contributed by atoms with Gasteiger partial charge in [0.1, 0.15) is 0 Å². The first-order valence-corrected chi connectivity index (χ1v) is 9.46. The molecule has 25 heavy (non-hydrogen) atoms. The number of imidazole rings is 1. The lowest BCUT2D eigenvalue weighted by molar-refractivity contribution is 0.590. The third-order valence-corrected chi connectivity index (χ3v) is 5.35. The largest absolute Gasteiger partial charge is 0.306 e. The molecule has 0 aliphatic heterocycles. The molecule has 2 aromatic carbocycles. The number of rotatable bonds is 4. The minimum absolute atomic E-state index is 0.0283. The van der Waals surface area contributed by atoms with E-state index in [1.807, 2.05) is 16.7 Å². The summed E-state index contributed by atoms with van der Waals surface area (Å²) in [5.41, 5.74) is 2.58. The van der Waals surface area contributed by atoms with Crippen LogP contribution in [0.15, 0.2) is 72.1 Å². The van der Waals surface area contributed by atoms with Crippen molar-refractivity contribution in [2.75, 3.05) is 4.72 Å². The summed E-state index contributed by atoms with van der Waals surface area (Å²) in [6, 6.07) is 14.1. The van der Waals surface area contributed by atoms with Crippen molar-refractivity contribution in [1.82, 2.24) is 9.55 Å². The second-order valence-electron chi connectivity index (χ2n) is 6.90. The Labute approximate surface area is 148 Å². The number of aromatic nitrogens is 2. The highest BCUT2D eigenvalue weighted by Gasteiger charge is 2.16. The Kier molecular flexibility index (Phi) is 4.39. The highest BCUT2D eigenvalue weighted by atomic mass is 32.2. The molecule has 130 valence electrons. The number of anilines is 1. The van der Waals surface area contributed by atoms with Gasteiger partial charge >= 0.3 is 0 Å². The molecule has 0 aliphatic carbocycles. The Morgan fingerprint density at radius 2 is 1.60 bits per heavy atom. The minimum Gasteiger partial charge on any atom is -0.306 e. The van der Waals surface area contributed by atoms with Crippen LogP contribution >= 0.6 is 0 Å². The van der Waals surface area contributed by atoms with Crippen LogP contribution in [0.1, 0.15) is 26.3 Å². The smallest absolute Gasteiger partial charge is 0.261 e. The van der Waals surface area contributed by atoms with E-state index in [4.69, 9.17) is 0 Å². The lowest BCUT2D eigenvalue weighted by Gasteiger charge is -2.19. The SMILES string of the molecule is CC(C)(C)c1ccc(NS(=O)(=O)c2ccc(-n3ccnc3)cc2)cc1. The van der Waals surface area contributed by atoms with E-state index in [0.717, 1.165) is 11.3 Å². The fourth-order valence-corrected chi connectivity index (χ4v) is 3.52. The lowest BCUT2D eigenvalue weighted by Crippen LogP contribution is -2.14. The third kappa shape index (κ3) is 3.91. The van der Waals surface area contributed by atoms with Gasteiger partial charge in [-0.2, -0.15) is 0 Å². The predicted molar refractivity (Wildman–Crippen MR) is 99.5 cm³/mol. The summed E-state index contributed by atoms with van der Waals surface area (Å²) >= 11 is 0. The van der Waals surface area contributed by atoms with E-state index in [1.54, 1.807) is 55.1 Å². The first-order chi connectivity index (χ1) is 11.8. The topological polar surface area (TPSA) is 64.0 Å². The van der Waals surface area contributed by atoms with Gasteiger partial charge in [-0.1, -0.05) is 32.9 Å². The van der Waals surface area contributed by atoms with Gasteiger partial charge in [0.25, 0.3) is 10.0 Å². The van der Waals surface area contributed by atoms with Crippen molar-refractivity contribution in [3.63, 3.8) is 0 Å². The molecule has 1 N–H and O–H groups in total. The van der Waals surface area contributed by atoms with E-state index in [2.05, 4.69) is 30.5 Å². The minimum atomic E-state index is -3.62. The Bertz CT molecular complexity index is 937. The van der Waals surface area contributed by atoms with Crippen LogP contribution in [-0.2, 0) is 15.4 Å². The molecule has 0 atom stereocenters. The van der Waals surface area contributed by atoms with Crippen LogP contribution in [0.5, 0.6) is 0 Å². The van der Waals surface area contributed by atoms with Crippen molar-refractivity contribution >= 4 is 15.7 Å². The van der Waals surface area contributed by atoms with Gasteiger partial charge in [-0.05, 0) is 47.4 Å². The maximum Gasteiger partial charge on any atom is 0.261 e. The van der Waals surface area contributed by atoms with Gasteiger partial charge in [-0.3, -0.25) is 4.72 Å². The number of nitrogens with one attached hydrogen (secondary N) is 1. The van der Waals surface area contributed by atoms with Gasteiger partial charge in [-0.25, -0.2) is 13.4 Å². The maximum absolute atomic E-state index is 12.6. The highest BCUT2D eigenvalue weighted by molar-refractivity contribution is 7.92. The molecule has 3 rings (SSSR count). The van der Waals surface area contributed by atoms with E-state index in [0.29, 0.717) is 5.69 Å². The molecule has 0 fully saturated rings. The zero-order valence-electron chi connectivity index (χ0n) is 14.5. The first kappa shape index (κ1) is 17.2. The van der Waals surface area contributed by atoms with Gasteiger partial charge in [0.2, 0.25) is 0 Å². The molecule has 0 aliphatic rings. The summed E-state index contributed by atoms with van der Waals surface area (Å²) in [7, 11) is -3.62. The van der Waals surface area contributed by atoms with Gasteiger partial charge in [0, 0.05) is 23.8 Å². The summed E-state index contributed by atoms with van der Waals surface area (Å²) in [5.74, 6) is 0. The fraction of sp³-hybridized carbons (Fsp3) is 0.211. The predicted octanol–water partition coefficient (Wildman–Crippen LogP) is 3.97. The number of nitrogens with zero attached hydrogens (tertiary/aromatic N) is 2. The molecule has 0 radical (unpaired) electrons. The van der Waals surface area contributed by atoms with Crippen LogP contribution in [0.4, 0.5) is 5.69 Å². The Morgan fingerprint density at radius 3 is 2.12 bits per heavy atom. The Balaban J connectivity index is 1.80. The van der Waals surface area contributed by atoms with Crippen LogP contribution in [0.3, 0.4) is 0 Å². The van der Waals surface area contributed by atoms with Gasteiger partial charge in [0.15, 0.2) is 0 Å². The highest BCUT2D eigenvalue weighted by Crippen LogP contribution is 2.24. The van der Waals surface area contributed by atoms with E-state index in [1.165, 1.54) is 0 Å². The quantitative estimate of drug-likeness (QED) is 0.770. The van der Waals surface area contributed by atoms with Crippen molar-refractivity contribution in [2.45, 2.75) is 31.1 Å². The zero-order valence-corrected chi connectivity index (χ0v) is 15.3. The molecule has 0 unspecified atom stereocenters. The zero-order chi connectivity index (χ0) is 18.1. The van der Waals surface area contributed by atoms with Crippen molar-refractivity contribution in [3.05, 3.63) is 72.8 Å². The summed E-state index contributed by atoms with van der Waals surface area (Å²) < 4.78 is 29.5. The monoisotopic (exact) mass is 355 g/mol. The molecule has 1 aromatic heterocycles. The average molecular weight is 355 g/mol. The summed E-state index contributed by atoms with van der Waals surface area (Å²) in [4.78, 5) is 4.20. The number of hydrogen-bond acceptors (Lipinski definition) is 3. The normalized spacial score (nSPS) is 12.1. The van der Waals surface area contributed by atoms with Crippen LogP contribution in [0.2, 0.25) is 0 Å². The van der Waals surface area contributed by atoms with Crippen LogP contribution in [0.25, 0.3) is 5.69 Å². The van der Waals surface area contributed by atoms with Crippen LogP contribution in [0, 0.1) is 0 Å². The lowest BCUT2D eigenvalue weighted by atomic mass is 9.87. The molecule has 0 saturated heterocycles. The summed E-state index contributed by atoms with van der Waals surface area (Å²) in [6.07, 6.45) is 5.14. The molecular weight excluding hydrogens is 334 g/mol. The molecule has 0 saturated carbocycles. The number of benzene rings is 2. The van der Waals surface area contributed by atoms with E-state index in [-0.39, 0.29) is 10.3 Å². The first-order valence-electron chi connectivity index (χ1n) is 7.97. The average Bonchev–Trinajstić information content (AvgIpc) is 3.09. The molecule has 5 nitrogen and oxygen atoms in total. The molecule has 6 heteroatoms. The summed E-state index contributed by atoms with van der Waals surface area (Å²) in [5, 5.41) is 0. The second kappa shape index (κ2) is 6.37. The Morgan fingerprint density at radius 1 is 0.960 bits per heavy atom. The Hall–Kier alpha value is -2.60. The van der Waals surface area contributed by atoms with Crippen molar-refractivity contribution < 1.29 is 8.42 Å². The van der Waals surface area contributed by atoms with Gasteiger partial charge in [0.05, 0.1) is 11.2 Å². The number of sulfonamides is 1. The number of hydrogen-bond donors (Lipinski definition) is 1. The second-order valence-corrected chi connectivity index (χ2v) is 8.58. The summed E-state index contributed by atoms with van der Waals surface area (Å²) in [6.45, 7) is 6.36. The van der Waals surface area contributed by atoms with Crippen molar-refractivity contribution in [2.24, 2.45) is 0 Å². The van der Waals surface area contributed by atoms with E-state index < -0.39 is 10.0 Å². The molecule has 0 bridgehead atoms. The van der Waals surface area contributed by atoms with Crippen molar-refractivity contribution in [1.29, 1.82) is 0 Å². The van der Waals surface area contributed by atoms with Crippen LogP contribution < -0.4 is 4.72 Å².